The van der Waals surface area contributed by atoms with Crippen molar-refractivity contribution in [1.82, 2.24) is 25.2 Å². The summed E-state index contributed by atoms with van der Waals surface area (Å²) in [6, 6.07) is -0.212. The second kappa shape index (κ2) is 5.28. The van der Waals surface area contributed by atoms with Gasteiger partial charge in [0.1, 0.15) is 5.82 Å². The number of H-pyrrole nitrogens is 1. The number of amides is 2. The van der Waals surface area contributed by atoms with E-state index in [9.17, 15) is 9.59 Å². The molecule has 0 aliphatic carbocycles. The molecule has 2 aromatic heterocycles. The van der Waals surface area contributed by atoms with Crippen LogP contribution in [0, 0.1) is 13.8 Å². The Morgan fingerprint density at radius 2 is 2.24 bits per heavy atom. The molecular weight excluding hydrogens is 290 g/mol. The number of aromatic amines is 1. The zero-order valence-electron chi connectivity index (χ0n) is 11.8. The van der Waals surface area contributed by atoms with Gasteiger partial charge in [0.05, 0.1) is 41.6 Å². The molecule has 8 heteroatoms. The van der Waals surface area contributed by atoms with Crippen LogP contribution in [0.5, 0.6) is 0 Å². The Morgan fingerprint density at radius 1 is 1.43 bits per heavy atom. The van der Waals surface area contributed by atoms with Crippen molar-refractivity contribution >= 4 is 17.4 Å². The zero-order chi connectivity index (χ0) is 15.0. The minimum absolute atomic E-state index is 0.164. The molecule has 0 spiro atoms. The first-order valence-electron chi connectivity index (χ1n) is 6.55. The van der Waals surface area contributed by atoms with Crippen LogP contribution in [-0.4, -0.2) is 25.9 Å². The third-order valence-corrected chi connectivity index (χ3v) is 4.11. The number of carbonyl (C=O) groups excluding carboxylic acids is 1. The lowest BCUT2D eigenvalue weighted by molar-refractivity contribution is 0.197. The number of fused-ring (bicyclic) bond motifs is 1. The summed E-state index contributed by atoms with van der Waals surface area (Å²) >= 11 is 1.55. The van der Waals surface area contributed by atoms with Crippen LogP contribution in [0.4, 0.5) is 4.79 Å². The maximum absolute atomic E-state index is 12.1. The van der Waals surface area contributed by atoms with E-state index in [1.54, 1.807) is 23.2 Å². The SMILES string of the molecule is Cc1nc2c(c(=O)[nH]1)CN(C(=O)NCc1csc(C)n1)C2. The Labute approximate surface area is 125 Å². The van der Waals surface area contributed by atoms with Crippen molar-refractivity contribution in [1.29, 1.82) is 0 Å². The van der Waals surface area contributed by atoms with Crippen molar-refractivity contribution in [2.45, 2.75) is 33.5 Å². The van der Waals surface area contributed by atoms with E-state index in [-0.39, 0.29) is 11.6 Å². The topological polar surface area (TPSA) is 91.0 Å². The molecule has 0 bridgehead atoms. The van der Waals surface area contributed by atoms with E-state index in [0.29, 0.717) is 36.7 Å². The molecule has 0 aromatic carbocycles. The van der Waals surface area contributed by atoms with Gasteiger partial charge in [0.15, 0.2) is 0 Å². The summed E-state index contributed by atoms with van der Waals surface area (Å²) in [7, 11) is 0. The number of nitrogens with one attached hydrogen (secondary N) is 2. The Balaban J connectivity index is 1.65. The molecule has 3 rings (SSSR count). The van der Waals surface area contributed by atoms with Crippen LogP contribution in [-0.2, 0) is 19.6 Å². The Bertz CT molecular complexity index is 751. The molecule has 21 heavy (non-hydrogen) atoms. The van der Waals surface area contributed by atoms with Gasteiger partial charge in [-0.05, 0) is 13.8 Å². The molecular formula is C13H15N5O2S. The molecule has 110 valence electrons. The van der Waals surface area contributed by atoms with Crippen LogP contribution in [0.1, 0.15) is 27.8 Å². The summed E-state index contributed by atoms with van der Waals surface area (Å²) in [5.41, 5.74) is 1.92. The fourth-order valence-corrected chi connectivity index (χ4v) is 2.91. The lowest BCUT2D eigenvalue weighted by Gasteiger charge is -2.15. The van der Waals surface area contributed by atoms with Crippen LogP contribution in [0.15, 0.2) is 10.2 Å². The van der Waals surface area contributed by atoms with Gasteiger partial charge < -0.3 is 15.2 Å². The molecule has 0 saturated carbocycles. The predicted molar refractivity (Wildman–Crippen MR) is 77.9 cm³/mol. The molecule has 2 amide bonds. The average molecular weight is 305 g/mol. The minimum Gasteiger partial charge on any atom is -0.332 e. The van der Waals surface area contributed by atoms with E-state index in [2.05, 4.69) is 20.3 Å². The third kappa shape index (κ3) is 2.80. The summed E-state index contributed by atoms with van der Waals surface area (Å²) in [4.78, 5) is 36.8. The molecule has 1 aliphatic heterocycles. The number of aromatic nitrogens is 3. The second-order valence-corrected chi connectivity index (χ2v) is 6.01. The van der Waals surface area contributed by atoms with Crippen molar-refractivity contribution in [3.8, 4) is 0 Å². The summed E-state index contributed by atoms with van der Waals surface area (Å²) in [6.45, 7) is 4.70. The highest BCUT2D eigenvalue weighted by atomic mass is 32.1. The molecule has 0 atom stereocenters. The van der Waals surface area contributed by atoms with Gasteiger partial charge in [-0.3, -0.25) is 4.79 Å². The van der Waals surface area contributed by atoms with Gasteiger partial charge in [0.2, 0.25) is 0 Å². The van der Waals surface area contributed by atoms with E-state index >= 15 is 0 Å². The molecule has 7 nitrogen and oxygen atoms in total. The first kappa shape index (κ1) is 13.7. The third-order valence-electron chi connectivity index (χ3n) is 3.28. The molecule has 1 aliphatic rings. The first-order valence-corrected chi connectivity index (χ1v) is 7.43. The van der Waals surface area contributed by atoms with E-state index in [1.165, 1.54) is 0 Å². The van der Waals surface area contributed by atoms with Crippen LogP contribution in [0.3, 0.4) is 0 Å². The Hall–Kier alpha value is -2.22. The number of rotatable bonds is 2. The fraction of sp³-hybridized carbons (Fsp3) is 0.385. The lowest BCUT2D eigenvalue weighted by atomic mass is 10.3. The fourth-order valence-electron chi connectivity index (χ4n) is 2.30. The van der Waals surface area contributed by atoms with E-state index in [1.807, 2.05) is 12.3 Å². The Morgan fingerprint density at radius 3 is 2.95 bits per heavy atom. The van der Waals surface area contributed by atoms with Gasteiger partial charge in [-0.15, -0.1) is 11.3 Å². The number of nitrogens with zero attached hydrogens (tertiary/aromatic N) is 3. The number of urea groups is 1. The summed E-state index contributed by atoms with van der Waals surface area (Å²) in [5, 5.41) is 5.71. The van der Waals surface area contributed by atoms with E-state index in [4.69, 9.17) is 0 Å². The van der Waals surface area contributed by atoms with Gasteiger partial charge in [-0.25, -0.2) is 14.8 Å². The maximum Gasteiger partial charge on any atom is 0.318 e. The van der Waals surface area contributed by atoms with Crippen molar-refractivity contribution < 1.29 is 4.79 Å². The maximum atomic E-state index is 12.1. The monoisotopic (exact) mass is 305 g/mol. The van der Waals surface area contributed by atoms with Gasteiger partial charge in [0.25, 0.3) is 5.56 Å². The Kier molecular flexibility index (Phi) is 3.46. The van der Waals surface area contributed by atoms with Crippen molar-refractivity contribution in [3.63, 3.8) is 0 Å². The van der Waals surface area contributed by atoms with Gasteiger partial charge in [0, 0.05) is 5.38 Å². The lowest BCUT2D eigenvalue weighted by Crippen LogP contribution is -2.36. The highest BCUT2D eigenvalue weighted by Gasteiger charge is 2.27. The summed E-state index contributed by atoms with van der Waals surface area (Å²) in [5.74, 6) is 0.568. The molecule has 0 saturated heterocycles. The first-order chi connectivity index (χ1) is 10.0. The molecule has 3 heterocycles. The number of hydrogen-bond donors (Lipinski definition) is 2. The molecule has 2 N–H and O–H groups in total. The van der Waals surface area contributed by atoms with Crippen LogP contribution >= 0.6 is 11.3 Å². The van der Waals surface area contributed by atoms with Crippen molar-refractivity contribution in [2.24, 2.45) is 0 Å². The van der Waals surface area contributed by atoms with Gasteiger partial charge in [-0.1, -0.05) is 0 Å². The number of thiazole rings is 1. The van der Waals surface area contributed by atoms with Gasteiger partial charge in [-0.2, -0.15) is 0 Å². The zero-order valence-corrected chi connectivity index (χ0v) is 12.6. The highest BCUT2D eigenvalue weighted by Crippen LogP contribution is 2.17. The van der Waals surface area contributed by atoms with Crippen molar-refractivity contribution in [2.75, 3.05) is 0 Å². The number of carbonyl (C=O) groups is 1. The van der Waals surface area contributed by atoms with Crippen LogP contribution < -0.4 is 10.9 Å². The minimum atomic E-state index is -0.212. The quantitative estimate of drug-likeness (QED) is 0.868. The smallest absolute Gasteiger partial charge is 0.318 e. The highest BCUT2D eigenvalue weighted by molar-refractivity contribution is 7.09. The summed E-state index contributed by atoms with van der Waals surface area (Å²) < 4.78 is 0. The largest absolute Gasteiger partial charge is 0.332 e. The number of hydrogen-bond acceptors (Lipinski definition) is 5. The predicted octanol–water partition coefficient (Wildman–Crippen LogP) is 1.07. The van der Waals surface area contributed by atoms with Crippen LogP contribution in [0.2, 0.25) is 0 Å². The van der Waals surface area contributed by atoms with Crippen molar-refractivity contribution in [3.05, 3.63) is 43.5 Å². The van der Waals surface area contributed by atoms with E-state index in [0.717, 1.165) is 10.7 Å². The second-order valence-electron chi connectivity index (χ2n) is 4.95. The summed E-state index contributed by atoms with van der Waals surface area (Å²) in [6.07, 6.45) is 0. The molecule has 0 unspecified atom stereocenters. The van der Waals surface area contributed by atoms with Crippen LogP contribution in [0.25, 0.3) is 0 Å². The molecule has 0 radical (unpaired) electrons. The molecule has 2 aromatic rings. The van der Waals surface area contributed by atoms with E-state index < -0.39 is 0 Å². The average Bonchev–Trinajstić information content (AvgIpc) is 3.02. The van der Waals surface area contributed by atoms with Gasteiger partial charge >= 0.3 is 6.03 Å². The molecule has 0 fully saturated rings. The normalized spacial score (nSPS) is 13.3. The standard InChI is InChI=1S/C13H15N5O2S/c1-7-15-11-5-18(4-10(11)12(19)16-7)13(20)14-3-9-6-21-8(2)17-9/h6H,3-5H2,1-2H3,(H,14,20)(H,15,16,19). The number of aryl methyl sites for hydroxylation is 2.